The molecule has 0 spiro atoms. The van der Waals surface area contributed by atoms with E-state index in [1.165, 1.54) is 0 Å². The number of carbonyl (C=O) groups is 1. The number of amides is 1. The van der Waals surface area contributed by atoms with Crippen molar-refractivity contribution in [1.29, 1.82) is 0 Å². The minimum absolute atomic E-state index is 0.0300. The molecule has 0 saturated heterocycles. The standard InChI is InChI=1S/C18H23N5O3/c1-12-11-13(2)23(22-12)9-4-8-19-16(24)5-6-17-20-21-18(26-17)15-7-10-25-14(15)3/h7,10-11H,4-6,8-9H2,1-3H3,(H,19,24). The molecule has 0 aliphatic carbocycles. The average molecular weight is 357 g/mol. The van der Waals surface area contributed by atoms with Crippen molar-refractivity contribution in [2.24, 2.45) is 0 Å². The van der Waals surface area contributed by atoms with Gasteiger partial charge in [-0.1, -0.05) is 0 Å². The second-order valence-corrected chi connectivity index (χ2v) is 6.25. The molecule has 0 unspecified atom stereocenters. The minimum Gasteiger partial charge on any atom is -0.469 e. The maximum absolute atomic E-state index is 11.9. The van der Waals surface area contributed by atoms with Gasteiger partial charge < -0.3 is 14.2 Å². The quantitative estimate of drug-likeness (QED) is 0.622. The first kappa shape index (κ1) is 17.9. The number of hydrogen-bond donors (Lipinski definition) is 1. The highest BCUT2D eigenvalue weighted by Crippen LogP contribution is 2.22. The van der Waals surface area contributed by atoms with Crippen LogP contribution < -0.4 is 5.32 Å². The van der Waals surface area contributed by atoms with Crippen LogP contribution in [0.2, 0.25) is 0 Å². The summed E-state index contributed by atoms with van der Waals surface area (Å²) < 4.78 is 12.8. The van der Waals surface area contributed by atoms with Crippen molar-refractivity contribution in [3.8, 4) is 11.5 Å². The van der Waals surface area contributed by atoms with Crippen LogP contribution in [0.15, 0.2) is 27.2 Å². The smallest absolute Gasteiger partial charge is 0.251 e. The maximum Gasteiger partial charge on any atom is 0.251 e. The molecule has 1 amide bonds. The fraction of sp³-hybridized carbons (Fsp3) is 0.444. The molecule has 0 aliphatic rings. The van der Waals surface area contributed by atoms with Crippen LogP contribution in [-0.4, -0.2) is 32.4 Å². The van der Waals surface area contributed by atoms with Crippen LogP contribution in [0.3, 0.4) is 0 Å². The highest BCUT2D eigenvalue weighted by molar-refractivity contribution is 5.75. The number of furan rings is 1. The van der Waals surface area contributed by atoms with Gasteiger partial charge in [0.25, 0.3) is 5.89 Å². The molecule has 0 aliphatic heterocycles. The summed E-state index contributed by atoms with van der Waals surface area (Å²) in [5, 5.41) is 15.3. The van der Waals surface area contributed by atoms with E-state index in [1.54, 1.807) is 12.3 Å². The van der Waals surface area contributed by atoms with E-state index in [0.29, 0.717) is 31.2 Å². The van der Waals surface area contributed by atoms with Gasteiger partial charge in [-0.15, -0.1) is 10.2 Å². The first-order valence-electron chi connectivity index (χ1n) is 8.67. The summed E-state index contributed by atoms with van der Waals surface area (Å²) in [5.41, 5.74) is 2.92. The molecule has 0 bridgehead atoms. The lowest BCUT2D eigenvalue weighted by Gasteiger charge is -2.06. The van der Waals surface area contributed by atoms with Crippen LogP contribution in [0.5, 0.6) is 0 Å². The van der Waals surface area contributed by atoms with Crippen molar-refractivity contribution < 1.29 is 13.6 Å². The molecule has 1 N–H and O–H groups in total. The summed E-state index contributed by atoms with van der Waals surface area (Å²) in [4.78, 5) is 11.9. The Morgan fingerprint density at radius 3 is 2.81 bits per heavy atom. The average Bonchev–Trinajstić information content (AvgIpc) is 3.30. The molecule has 0 fully saturated rings. The first-order valence-corrected chi connectivity index (χ1v) is 8.67. The fourth-order valence-corrected chi connectivity index (χ4v) is 2.74. The number of nitrogens with one attached hydrogen (secondary N) is 1. The Kier molecular flexibility index (Phi) is 5.50. The van der Waals surface area contributed by atoms with E-state index in [1.807, 2.05) is 31.5 Å². The van der Waals surface area contributed by atoms with Gasteiger partial charge in [-0.3, -0.25) is 9.48 Å². The van der Waals surface area contributed by atoms with Crippen molar-refractivity contribution in [3.63, 3.8) is 0 Å². The third kappa shape index (κ3) is 4.38. The summed E-state index contributed by atoms with van der Waals surface area (Å²) in [6, 6.07) is 3.82. The molecular weight excluding hydrogens is 334 g/mol. The van der Waals surface area contributed by atoms with E-state index >= 15 is 0 Å². The predicted octanol–water partition coefficient (Wildman–Crippen LogP) is 2.59. The summed E-state index contributed by atoms with van der Waals surface area (Å²) in [6.45, 7) is 7.24. The van der Waals surface area contributed by atoms with Gasteiger partial charge in [0.05, 0.1) is 17.5 Å². The summed E-state index contributed by atoms with van der Waals surface area (Å²) in [7, 11) is 0. The van der Waals surface area contributed by atoms with E-state index in [4.69, 9.17) is 8.83 Å². The van der Waals surface area contributed by atoms with Crippen molar-refractivity contribution in [1.82, 2.24) is 25.3 Å². The Morgan fingerprint density at radius 2 is 2.12 bits per heavy atom. The molecule has 0 aromatic carbocycles. The third-order valence-electron chi connectivity index (χ3n) is 4.09. The summed E-state index contributed by atoms with van der Waals surface area (Å²) in [6.07, 6.45) is 3.13. The van der Waals surface area contributed by atoms with Gasteiger partial charge in [0, 0.05) is 31.6 Å². The van der Waals surface area contributed by atoms with E-state index in [-0.39, 0.29) is 5.91 Å². The number of rotatable bonds is 8. The zero-order valence-electron chi connectivity index (χ0n) is 15.3. The molecule has 3 heterocycles. The van der Waals surface area contributed by atoms with Gasteiger partial charge in [0.15, 0.2) is 0 Å². The fourth-order valence-electron chi connectivity index (χ4n) is 2.74. The van der Waals surface area contributed by atoms with Crippen molar-refractivity contribution in [2.45, 2.75) is 46.6 Å². The number of carbonyl (C=O) groups excluding carboxylic acids is 1. The number of nitrogens with zero attached hydrogens (tertiary/aromatic N) is 4. The normalized spacial score (nSPS) is 11.0. The lowest BCUT2D eigenvalue weighted by Crippen LogP contribution is -2.25. The van der Waals surface area contributed by atoms with Crippen LogP contribution in [0.25, 0.3) is 11.5 Å². The van der Waals surface area contributed by atoms with E-state index < -0.39 is 0 Å². The first-order chi connectivity index (χ1) is 12.5. The highest BCUT2D eigenvalue weighted by Gasteiger charge is 2.13. The van der Waals surface area contributed by atoms with Crippen LogP contribution in [0, 0.1) is 20.8 Å². The Balaban J connectivity index is 1.38. The van der Waals surface area contributed by atoms with Gasteiger partial charge in [-0.05, 0) is 39.3 Å². The number of hydrogen-bond acceptors (Lipinski definition) is 6. The molecule has 26 heavy (non-hydrogen) atoms. The zero-order valence-corrected chi connectivity index (χ0v) is 15.3. The summed E-state index contributed by atoms with van der Waals surface area (Å²) >= 11 is 0. The van der Waals surface area contributed by atoms with Crippen molar-refractivity contribution in [2.75, 3.05) is 6.54 Å². The molecule has 138 valence electrons. The minimum atomic E-state index is -0.0300. The van der Waals surface area contributed by atoms with E-state index in [2.05, 4.69) is 20.6 Å². The Bertz CT molecular complexity index is 877. The molecule has 0 saturated carbocycles. The Hall–Kier alpha value is -2.90. The van der Waals surface area contributed by atoms with E-state index in [9.17, 15) is 4.79 Å². The van der Waals surface area contributed by atoms with Crippen LogP contribution in [0.4, 0.5) is 0 Å². The highest BCUT2D eigenvalue weighted by atomic mass is 16.4. The van der Waals surface area contributed by atoms with Gasteiger partial charge in [-0.25, -0.2) is 0 Å². The molecule has 0 atom stereocenters. The molecule has 0 radical (unpaired) electrons. The molecular formula is C18H23N5O3. The molecule has 3 aromatic heterocycles. The van der Waals surface area contributed by atoms with Gasteiger partial charge in [0.2, 0.25) is 11.8 Å². The Morgan fingerprint density at radius 1 is 1.27 bits per heavy atom. The topological polar surface area (TPSA) is 99.0 Å². The second-order valence-electron chi connectivity index (χ2n) is 6.25. The largest absolute Gasteiger partial charge is 0.469 e. The van der Waals surface area contributed by atoms with Crippen LogP contribution in [-0.2, 0) is 17.8 Å². The second kappa shape index (κ2) is 7.99. The van der Waals surface area contributed by atoms with Gasteiger partial charge in [0.1, 0.15) is 5.76 Å². The number of aromatic nitrogens is 4. The number of aryl methyl sites for hydroxylation is 5. The monoisotopic (exact) mass is 357 g/mol. The molecule has 3 rings (SSSR count). The molecule has 8 heteroatoms. The lowest BCUT2D eigenvalue weighted by atomic mass is 10.2. The lowest BCUT2D eigenvalue weighted by molar-refractivity contribution is -0.121. The van der Waals surface area contributed by atoms with E-state index in [0.717, 1.165) is 35.7 Å². The SMILES string of the molecule is Cc1cc(C)n(CCCNC(=O)CCc2nnc(-c3ccoc3C)o2)n1. The Labute approximate surface area is 151 Å². The van der Waals surface area contributed by atoms with Crippen molar-refractivity contribution in [3.05, 3.63) is 41.4 Å². The van der Waals surface area contributed by atoms with Gasteiger partial charge in [-0.2, -0.15) is 5.10 Å². The third-order valence-corrected chi connectivity index (χ3v) is 4.09. The maximum atomic E-state index is 11.9. The van der Waals surface area contributed by atoms with Crippen LogP contribution in [0.1, 0.15) is 35.9 Å². The van der Waals surface area contributed by atoms with Crippen molar-refractivity contribution >= 4 is 5.91 Å². The molecule has 3 aromatic rings. The zero-order chi connectivity index (χ0) is 18.5. The van der Waals surface area contributed by atoms with Gasteiger partial charge >= 0.3 is 0 Å². The predicted molar refractivity (Wildman–Crippen MR) is 94.4 cm³/mol. The molecule has 8 nitrogen and oxygen atoms in total. The summed E-state index contributed by atoms with van der Waals surface area (Å²) in [5.74, 6) is 1.55. The van der Waals surface area contributed by atoms with Crippen LogP contribution >= 0.6 is 0 Å².